The first-order valence-corrected chi connectivity index (χ1v) is 10.5. The molecule has 1 aliphatic heterocycles. The Kier molecular flexibility index (Phi) is 5.37. The standard InChI is InChI=1S/C20H24FN5O3S/c1-20(2,3)29-19(28)25-9-7-24(8-10-25)15(13-5-4-6-14(21)11-13)16-17(27)26-18(30-16)22-12-23-26/h4-6,11-12,15,27H,7-10H2,1-3H3/t15-/m0/s1. The van der Waals surface area contributed by atoms with Crippen molar-refractivity contribution in [3.05, 3.63) is 46.9 Å². The molecule has 0 bridgehead atoms. The maximum absolute atomic E-state index is 14.0. The van der Waals surface area contributed by atoms with Gasteiger partial charge in [-0.3, -0.25) is 4.90 Å². The first-order valence-electron chi connectivity index (χ1n) is 9.72. The molecule has 1 saturated heterocycles. The molecule has 1 N–H and O–H groups in total. The Labute approximate surface area is 177 Å². The highest BCUT2D eigenvalue weighted by Gasteiger charge is 2.33. The molecular formula is C20H24FN5O3S. The van der Waals surface area contributed by atoms with E-state index in [4.69, 9.17) is 4.74 Å². The molecule has 10 heteroatoms. The summed E-state index contributed by atoms with van der Waals surface area (Å²) in [5, 5.41) is 14.8. The predicted octanol–water partition coefficient (Wildman–Crippen LogP) is 3.28. The first-order chi connectivity index (χ1) is 14.2. The maximum atomic E-state index is 14.0. The van der Waals surface area contributed by atoms with Crippen LogP contribution in [0, 0.1) is 5.82 Å². The molecule has 0 radical (unpaired) electrons. The van der Waals surface area contributed by atoms with Crippen molar-refractivity contribution in [2.45, 2.75) is 32.4 Å². The van der Waals surface area contributed by atoms with Crippen LogP contribution in [0.5, 0.6) is 5.88 Å². The van der Waals surface area contributed by atoms with Gasteiger partial charge in [-0.1, -0.05) is 23.5 Å². The molecule has 3 aromatic rings. The van der Waals surface area contributed by atoms with E-state index in [0.717, 1.165) is 5.56 Å². The quantitative estimate of drug-likeness (QED) is 0.683. The van der Waals surface area contributed by atoms with Gasteiger partial charge in [0.25, 0.3) is 0 Å². The van der Waals surface area contributed by atoms with Crippen molar-refractivity contribution in [3.63, 3.8) is 0 Å². The van der Waals surface area contributed by atoms with Crippen molar-refractivity contribution in [2.24, 2.45) is 0 Å². The summed E-state index contributed by atoms with van der Waals surface area (Å²) >= 11 is 1.32. The molecule has 4 rings (SSSR count). The van der Waals surface area contributed by atoms with Crippen LogP contribution < -0.4 is 0 Å². The normalized spacial score (nSPS) is 16.7. The second kappa shape index (κ2) is 7.84. The predicted molar refractivity (Wildman–Crippen MR) is 110 cm³/mol. The number of ether oxygens (including phenoxy) is 1. The zero-order chi connectivity index (χ0) is 21.5. The van der Waals surface area contributed by atoms with E-state index in [9.17, 15) is 14.3 Å². The molecule has 1 amide bonds. The lowest BCUT2D eigenvalue weighted by Crippen LogP contribution is -2.50. The lowest BCUT2D eigenvalue weighted by molar-refractivity contribution is 0.0119. The highest BCUT2D eigenvalue weighted by molar-refractivity contribution is 7.17. The van der Waals surface area contributed by atoms with Gasteiger partial charge in [0.15, 0.2) is 0 Å². The molecule has 3 heterocycles. The van der Waals surface area contributed by atoms with E-state index in [1.165, 1.54) is 34.3 Å². The van der Waals surface area contributed by atoms with Gasteiger partial charge in [-0.2, -0.15) is 9.61 Å². The number of benzene rings is 1. The Bertz CT molecular complexity index is 1050. The number of carbonyl (C=O) groups is 1. The van der Waals surface area contributed by atoms with Gasteiger partial charge in [-0.15, -0.1) is 0 Å². The van der Waals surface area contributed by atoms with Crippen molar-refractivity contribution in [3.8, 4) is 5.88 Å². The number of aromatic hydroxyl groups is 1. The number of carbonyl (C=O) groups excluding carboxylic acids is 1. The van der Waals surface area contributed by atoms with Crippen molar-refractivity contribution in [2.75, 3.05) is 26.2 Å². The highest BCUT2D eigenvalue weighted by Crippen LogP contribution is 2.40. The Morgan fingerprint density at radius 2 is 2.00 bits per heavy atom. The van der Waals surface area contributed by atoms with Crippen LogP contribution in [0.3, 0.4) is 0 Å². The Balaban J connectivity index is 1.61. The van der Waals surface area contributed by atoms with Gasteiger partial charge in [-0.05, 0) is 38.5 Å². The molecule has 160 valence electrons. The fourth-order valence-corrected chi connectivity index (χ4v) is 4.66. The van der Waals surface area contributed by atoms with Crippen LogP contribution in [-0.2, 0) is 4.74 Å². The average Bonchev–Trinajstić information content (AvgIpc) is 3.25. The molecule has 30 heavy (non-hydrogen) atoms. The average molecular weight is 434 g/mol. The molecule has 0 aliphatic carbocycles. The van der Waals surface area contributed by atoms with Crippen molar-refractivity contribution < 1.29 is 19.0 Å². The number of piperazine rings is 1. The topological polar surface area (TPSA) is 83.2 Å². The molecule has 1 aliphatic rings. The van der Waals surface area contributed by atoms with Crippen molar-refractivity contribution in [1.29, 1.82) is 0 Å². The lowest BCUT2D eigenvalue weighted by atomic mass is 10.0. The van der Waals surface area contributed by atoms with Crippen LogP contribution >= 0.6 is 11.3 Å². The molecule has 2 aromatic heterocycles. The van der Waals surface area contributed by atoms with E-state index < -0.39 is 5.60 Å². The van der Waals surface area contributed by atoms with Gasteiger partial charge < -0.3 is 14.7 Å². The van der Waals surface area contributed by atoms with Crippen LogP contribution in [-0.4, -0.2) is 67.4 Å². The van der Waals surface area contributed by atoms with Crippen molar-refractivity contribution in [1.82, 2.24) is 24.4 Å². The minimum atomic E-state index is -0.553. The molecule has 1 atom stereocenters. The molecular weight excluding hydrogens is 409 g/mol. The van der Waals surface area contributed by atoms with E-state index in [-0.39, 0.29) is 23.8 Å². The molecule has 0 unspecified atom stereocenters. The summed E-state index contributed by atoms with van der Waals surface area (Å²) in [7, 11) is 0. The Morgan fingerprint density at radius 3 is 2.63 bits per heavy atom. The molecule has 0 saturated carbocycles. The number of hydrogen-bond acceptors (Lipinski definition) is 7. The molecule has 1 aromatic carbocycles. The second-order valence-electron chi connectivity index (χ2n) is 8.21. The third kappa shape index (κ3) is 4.10. The van der Waals surface area contributed by atoms with E-state index >= 15 is 0 Å². The summed E-state index contributed by atoms with van der Waals surface area (Å²) in [6, 6.07) is 5.98. The van der Waals surface area contributed by atoms with Crippen LogP contribution in [0.2, 0.25) is 0 Å². The summed E-state index contributed by atoms with van der Waals surface area (Å²) in [5.74, 6) is -0.347. The fourth-order valence-electron chi connectivity index (χ4n) is 3.57. The smallest absolute Gasteiger partial charge is 0.410 e. The van der Waals surface area contributed by atoms with Gasteiger partial charge in [-0.25, -0.2) is 14.2 Å². The zero-order valence-electron chi connectivity index (χ0n) is 17.1. The summed E-state index contributed by atoms with van der Waals surface area (Å²) < 4.78 is 20.8. The summed E-state index contributed by atoms with van der Waals surface area (Å²) in [6.45, 7) is 7.56. The van der Waals surface area contributed by atoms with Gasteiger partial charge in [0.05, 0.1) is 10.9 Å². The number of aromatic nitrogens is 3. The number of hydrogen-bond donors (Lipinski definition) is 1. The van der Waals surface area contributed by atoms with E-state index in [0.29, 0.717) is 36.0 Å². The lowest BCUT2D eigenvalue weighted by Gasteiger charge is -2.39. The number of halogens is 1. The van der Waals surface area contributed by atoms with E-state index in [1.807, 2.05) is 26.8 Å². The van der Waals surface area contributed by atoms with Crippen LogP contribution in [0.15, 0.2) is 30.6 Å². The zero-order valence-corrected chi connectivity index (χ0v) is 17.9. The molecule has 0 spiro atoms. The molecule has 8 nitrogen and oxygen atoms in total. The van der Waals surface area contributed by atoms with E-state index in [2.05, 4.69) is 15.0 Å². The minimum Gasteiger partial charge on any atom is -0.492 e. The third-order valence-electron chi connectivity index (χ3n) is 4.88. The summed E-state index contributed by atoms with van der Waals surface area (Å²) in [5.41, 5.74) is 0.170. The number of amides is 1. The second-order valence-corrected chi connectivity index (χ2v) is 9.21. The van der Waals surface area contributed by atoms with Crippen LogP contribution in [0.1, 0.15) is 37.3 Å². The van der Waals surface area contributed by atoms with Gasteiger partial charge >= 0.3 is 6.09 Å². The number of thiazole rings is 1. The monoisotopic (exact) mass is 433 g/mol. The molecule has 1 fully saturated rings. The van der Waals surface area contributed by atoms with Crippen LogP contribution in [0.4, 0.5) is 9.18 Å². The third-order valence-corrected chi connectivity index (χ3v) is 5.97. The van der Waals surface area contributed by atoms with Crippen molar-refractivity contribution >= 4 is 22.4 Å². The number of fused-ring (bicyclic) bond motifs is 1. The summed E-state index contributed by atoms with van der Waals surface area (Å²) in [4.78, 5) is 21.6. The SMILES string of the molecule is CC(C)(C)OC(=O)N1CCN([C@@H](c2cccc(F)c2)c2sc3ncnn3c2O)CC1. The Morgan fingerprint density at radius 1 is 1.27 bits per heavy atom. The number of nitrogens with zero attached hydrogens (tertiary/aromatic N) is 5. The van der Waals surface area contributed by atoms with Gasteiger partial charge in [0.1, 0.15) is 17.7 Å². The van der Waals surface area contributed by atoms with E-state index in [1.54, 1.807) is 11.0 Å². The maximum Gasteiger partial charge on any atom is 0.410 e. The number of rotatable bonds is 3. The fraction of sp³-hybridized carbons (Fsp3) is 0.450. The highest BCUT2D eigenvalue weighted by atomic mass is 32.1. The Hall–Kier alpha value is -2.72. The largest absolute Gasteiger partial charge is 0.492 e. The van der Waals surface area contributed by atoms with Crippen LogP contribution in [0.25, 0.3) is 4.96 Å². The summed E-state index contributed by atoms with van der Waals surface area (Å²) in [6.07, 6.45) is 1.04. The minimum absolute atomic E-state index is 0.00340. The first kappa shape index (κ1) is 20.5. The van der Waals surface area contributed by atoms with Gasteiger partial charge in [0, 0.05) is 26.2 Å². The van der Waals surface area contributed by atoms with Gasteiger partial charge in [0.2, 0.25) is 10.8 Å².